The van der Waals surface area contributed by atoms with Crippen LogP contribution in [0.3, 0.4) is 0 Å². The van der Waals surface area contributed by atoms with Gasteiger partial charge in [-0.25, -0.2) is 0 Å². The van der Waals surface area contributed by atoms with E-state index in [2.05, 4.69) is 67.5 Å². The lowest BCUT2D eigenvalue weighted by Gasteiger charge is -2.27. The lowest BCUT2D eigenvalue weighted by molar-refractivity contribution is 0.136. The highest BCUT2D eigenvalue weighted by atomic mass is 16.5. The van der Waals surface area contributed by atoms with Crippen LogP contribution in [0.25, 0.3) is 0 Å². The van der Waals surface area contributed by atoms with Gasteiger partial charge in [-0.3, -0.25) is 0 Å². The molecule has 106 valence electrons. The fourth-order valence-corrected chi connectivity index (χ4v) is 2.95. The Hall–Kier alpha value is -0.980. The van der Waals surface area contributed by atoms with Crippen molar-refractivity contribution in [1.82, 2.24) is 0 Å². The minimum absolute atomic E-state index is 0.0797. The maximum absolute atomic E-state index is 6.29. The quantitative estimate of drug-likeness (QED) is 0.638. The Labute approximate surface area is 118 Å². The summed E-state index contributed by atoms with van der Waals surface area (Å²) in [7, 11) is 0. The van der Waals surface area contributed by atoms with Crippen LogP contribution in [0, 0.1) is 0 Å². The average molecular weight is 260 g/mol. The minimum Gasteiger partial charge on any atom is -0.487 e. The molecule has 0 saturated carbocycles. The molecule has 2 rings (SSSR count). The third-order valence-electron chi connectivity index (χ3n) is 3.86. The highest BCUT2D eigenvalue weighted by molar-refractivity contribution is 5.54. The van der Waals surface area contributed by atoms with E-state index in [0.717, 1.165) is 12.2 Å². The molecule has 0 aliphatic carbocycles. The van der Waals surface area contributed by atoms with Crippen molar-refractivity contribution in [1.29, 1.82) is 0 Å². The monoisotopic (exact) mass is 260 g/mol. The molecule has 0 atom stereocenters. The van der Waals surface area contributed by atoms with Gasteiger partial charge in [0, 0.05) is 12.0 Å². The summed E-state index contributed by atoms with van der Waals surface area (Å²) in [5.41, 5.74) is 4.40. The first-order chi connectivity index (χ1) is 8.42. The standard InChI is InChI=1S/C18H28O/c1-16(2,3)13-9-10-14(17(4,5)6)15-12(13)11-18(7,8)19-15/h9-10H,11H2,1-8H3. The van der Waals surface area contributed by atoms with Crippen LogP contribution in [0.15, 0.2) is 12.1 Å². The van der Waals surface area contributed by atoms with E-state index in [-0.39, 0.29) is 16.4 Å². The molecule has 0 unspecified atom stereocenters. The van der Waals surface area contributed by atoms with Gasteiger partial charge in [0.05, 0.1) is 0 Å². The zero-order valence-corrected chi connectivity index (χ0v) is 13.8. The molecule has 19 heavy (non-hydrogen) atoms. The van der Waals surface area contributed by atoms with Crippen molar-refractivity contribution in [2.75, 3.05) is 0 Å². The smallest absolute Gasteiger partial charge is 0.127 e. The number of benzene rings is 1. The van der Waals surface area contributed by atoms with Crippen LogP contribution in [0.2, 0.25) is 0 Å². The molecule has 0 bridgehead atoms. The molecule has 0 N–H and O–H groups in total. The summed E-state index contributed by atoms with van der Waals surface area (Å²) in [5, 5.41) is 0. The lowest BCUT2D eigenvalue weighted by Crippen LogP contribution is -2.25. The van der Waals surface area contributed by atoms with Gasteiger partial charge >= 0.3 is 0 Å². The van der Waals surface area contributed by atoms with Crippen molar-refractivity contribution in [3.8, 4) is 5.75 Å². The predicted octanol–water partition coefficient (Wildman–Crippen LogP) is 5.00. The van der Waals surface area contributed by atoms with E-state index in [1.54, 1.807) is 0 Å². The Kier molecular flexibility index (Phi) is 3.04. The van der Waals surface area contributed by atoms with Crippen LogP contribution < -0.4 is 4.74 Å². The largest absolute Gasteiger partial charge is 0.487 e. The van der Waals surface area contributed by atoms with Crippen molar-refractivity contribution in [2.24, 2.45) is 0 Å². The molecule has 1 nitrogen and oxygen atoms in total. The van der Waals surface area contributed by atoms with Crippen LogP contribution >= 0.6 is 0 Å². The Morgan fingerprint density at radius 3 is 1.84 bits per heavy atom. The van der Waals surface area contributed by atoms with E-state index < -0.39 is 0 Å². The van der Waals surface area contributed by atoms with E-state index >= 15 is 0 Å². The molecule has 0 radical (unpaired) electrons. The summed E-state index contributed by atoms with van der Waals surface area (Å²) in [6, 6.07) is 4.57. The maximum atomic E-state index is 6.29. The van der Waals surface area contributed by atoms with Crippen molar-refractivity contribution >= 4 is 0 Å². The summed E-state index contributed by atoms with van der Waals surface area (Å²) in [4.78, 5) is 0. The van der Waals surface area contributed by atoms with Crippen molar-refractivity contribution in [2.45, 2.75) is 78.2 Å². The molecule has 0 amide bonds. The van der Waals surface area contributed by atoms with E-state index in [9.17, 15) is 0 Å². The van der Waals surface area contributed by atoms with E-state index in [4.69, 9.17) is 4.74 Å². The predicted molar refractivity (Wildman–Crippen MR) is 82.3 cm³/mol. The molecular weight excluding hydrogens is 232 g/mol. The second kappa shape index (κ2) is 4.01. The lowest BCUT2D eigenvalue weighted by atomic mass is 9.78. The summed E-state index contributed by atoms with van der Waals surface area (Å²) < 4.78 is 6.29. The van der Waals surface area contributed by atoms with E-state index in [1.807, 2.05) is 0 Å². The van der Waals surface area contributed by atoms with Crippen LogP contribution in [0.5, 0.6) is 5.75 Å². The number of rotatable bonds is 0. The fourth-order valence-electron chi connectivity index (χ4n) is 2.95. The Morgan fingerprint density at radius 2 is 1.37 bits per heavy atom. The van der Waals surface area contributed by atoms with E-state index in [1.165, 1.54) is 16.7 Å². The van der Waals surface area contributed by atoms with Crippen LogP contribution in [-0.4, -0.2) is 5.60 Å². The zero-order chi connectivity index (χ0) is 14.6. The first kappa shape index (κ1) is 14.4. The Bertz CT molecular complexity index is 451. The van der Waals surface area contributed by atoms with E-state index in [0.29, 0.717) is 0 Å². The summed E-state index contributed by atoms with van der Waals surface area (Å²) >= 11 is 0. The zero-order valence-electron chi connectivity index (χ0n) is 13.8. The molecule has 1 heteroatoms. The summed E-state index contributed by atoms with van der Waals surface area (Å²) in [5.74, 6) is 1.14. The minimum atomic E-state index is -0.0797. The molecule has 1 aliphatic rings. The molecule has 1 aromatic carbocycles. The van der Waals surface area contributed by atoms with Gasteiger partial charge in [0.25, 0.3) is 0 Å². The van der Waals surface area contributed by atoms with Gasteiger partial charge < -0.3 is 4.74 Å². The summed E-state index contributed by atoms with van der Waals surface area (Å²) in [6.07, 6.45) is 1.01. The number of hydrogen-bond acceptors (Lipinski definition) is 1. The van der Waals surface area contributed by atoms with Gasteiger partial charge in [-0.05, 0) is 35.8 Å². The number of hydrogen-bond donors (Lipinski definition) is 0. The third-order valence-corrected chi connectivity index (χ3v) is 3.86. The molecule has 0 fully saturated rings. The molecule has 0 aromatic heterocycles. The van der Waals surface area contributed by atoms with Crippen LogP contribution in [-0.2, 0) is 17.3 Å². The molecule has 0 spiro atoms. The number of ether oxygens (including phenoxy) is 1. The first-order valence-corrected chi connectivity index (χ1v) is 7.28. The topological polar surface area (TPSA) is 9.23 Å². The second-order valence-corrected chi connectivity index (χ2v) is 8.51. The van der Waals surface area contributed by atoms with Gasteiger partial charge in [0.2, 0.25) is 0 Å². The maximum Gasteiger partial charge on any atom is 0.127 e. The molecule has 1 aromatic rings. The van der Waals surface area contributed by atoms with Gasteiger partial charge in [0.15, 0.2) is 0 Å². The van der Waals surface area contributed by atoms with Gasteiger partial charge in [-0.1, -0.05) is 53.7 Å². The SMILES string of the molecule is CC1(C)Cc2c(C(C)(C)C)ccc(C(C)(C)C)c2O1. The highest BCUT2D eigenvalue weighted by Crippen LogP contribution is 2.46. The fraction of sp³-hybridized carbons (Fsp3) is 0.667. The van der Waals surface area contributed by atoms with Gasteiger partial charge in [0.1, 0.15) is 11.4 Å². The third kappa shape index (κ3) is 2.66. The van der Waals surface area contributed by atoms with Gasteiger partial charge in [-0.2, -0.15) is 0 Å². The van der Waals surface area contributed by atoms with Crippen LogP contribution in [0.4, 0.5) is 0 Å². The molecular formula is C18H28O. The molecule has 0 saturated heterocycles. The Morgan fingerprint density at radius 1 is 0.895 bits per heavy atom. The molecule has 1 heterocycles. The van der Waals surface area contributed by atoms with Crippen molar-refractivity contribution in [3.05, 3.63) is 28.8 Å². The second-order valence-electron chi connectivity index (χ2n) is 8.51. The highest BCUT2D eigenvalue weighted by Gasteiger charge is 2.37. The molecule has 1 aliphatic heterocycles. The summed E-state index contributed by atoms with van der Waals surface area (Å²) in [6.45, 7) is 18.0. The van der Waals surface area contributed by atoms with Crippen molar-refractivity contribution in [3.63, 3.8) is 0 Å². The van der Waals surface area contributed by atoms with Crippen LogP contribution in [0.1, 0.15) is 72.1 Å². The normalized spacial score (nSPS) is 18.1. The Balaban J connectivity index is 2.67. The number of fused-ring (bicyclic) bond motifs is 1. The first-order valence-electron chi connectivity index (χ1n) is 7.28. The average Bonchev–Trinajstić information content (AvgIpc) is 2.46. The van der Waals surface area contributed by atoms with Crippen molar-refractivity contribution < 1.29 is 4.74 Å². The van der Waals surface area contributed by atoms with Gasteiger partial charge in [-0.15, -0.1) is 0 Å².